The molecule has 0 aliphatic carbocycles. The molecule has 1 N–H and O–H groups in total. The standard InChI is InChI=1S/C14H15Cl2NO/c1-2-3-4-5-8-17-14(18)10-11-6-7-12(15)13(16)9-11/h1,6-7,9H,3-5,8,10H2,(H,17,18). The first-order valence-corrected chi connectivity index (χ1v) is 6.53. The first kappa shape index (κ1) is 14.9. The molecule has 1 rings (SSSR count). The number of amides is 1. The number of carbonyl (C=O) groups is 1. The van der Waals surface area contributed by atoms with Gasteiger partial charge >= 0.3 is 0 Å². The van der Waals surface area contributed by atoms with Crippen LogP contribution >= 0.6 is 23.2 Å². The third kappa shape index (κ3) is 5.44. The molecule has 0 aromatic heterocycles. The van der Waals surface area contributed by atoms with Crippen LogP contribution in [0.2, 0.25) is 10.0 Å². The van der Waals surface area contributed by atoms with Gasteiger partial charge in [-0.1, -0.05) is 29.3 Å². The van der Waals surface area contributed by atoms with Crippen molar-refractivity contribution in [2.24, 2.45) is 0 Å². The highest BCUT2D eigenvalue weighted by Crippen LogP contribution is 2.22. The minimum absolute atomic E-state index is 0.0194. The van der Waals surface area contributed by atoms with E-state index in [1.54, 1.807) is 18.2 Å². The molecule has 18 heavy (non-hydrogen) atoms. The molecule has 1 aromatic carbocycles. The molecule has 0 spiro atoms. The van der Waals surface area contributed by atoms with E-state index in [2.05, 4.69) is 11.2 Å². The number of terminal acetylenes is 1. The molecule has 0 heterocycles. The third-order valence-electron chi connectivity index (χ3n) is 2.42. The third-order valence-corrected chi connectivity index (χ3v) is 3.16. The molecule has 0 unspecified atom stereocenters. The smallest absolute Gasteiger partial charge is 0.224 e. The molecule has 0 aliphatic rings. The summed E-state index contributed by atoms with van der Waals surface area (Å²) in [6.45, 7) is 0.655. The Kier molecular flexibility index (Phi) is 6.64. The summed E-state index contributed by atoms with van der Waals surface area (Å²) in [7, 11) is 0. The molecule has 96 valence electrons. The van der Waals surface area contributed by atoms with Gasteiger partial charge in [-0.3, -0.25) is 4.79 Å². The van der Waals surface area contributed by atoms with E-state index >= 15 is 0 Å². The van der Waals surface area contributed by atoms with E-state index in [0.29, 0.717) is 23.0 Å². The summed E-state index contributed by atoms with van der Waals surface area (Å²) in [5.74, 6) is 2.55. The van der Waals surface area contributed by atoms with Gasteiger partial charge in [-0.05, 0) is 30.5 Å². The lowest BCUT2D eigenvalue weighted by molar-refractivity contribution is -0.120. The average Bonchev–Trinajstić information content (AvgIpc) is 2.34. The molecule has 4 heteroatoms. The van der Waals surface area contributed by atoms with Gasteiger partial charge in [0, 0.05) is 13.0 Å². The number of halogens is 2. The minimum atomic E-state index is -0.0194. The van der Waals surface area contributed by atoms with Crippen LogP contribution in [0.3, 0.4) is 0 Å². The van der Waals surface area contributed by atoms with Gasteiger partial charge in [0.2, 0.25) is 5.91 Å². The quantitative estimate of drug-likeness (QED) is 0.629. The lowest BCUT2D eigenvalue weighted by Crippen LogP contribution is -2.26. The summed E-state index contributed by atoms with van der Waals surface area (Å²) >= 11 is 11.7. The fourth-order valence-corrected chi connectivity index (χ4v) is 1.80. The van der Waals surface area contributed by atoms with Crippen LogP contribution in [-0.4, -0.2) is 12.5 Å². The molecule has 2 nitrogen and oxygen atoms in total. The lowest BCUT2D eigenvalue weighted by Gasteiger charge is -2.05. The molecule has 0 atom stereocenters. The second-order valence-corrected chi connectivity index (χ2v) is 4.75. The molecule has 0 aliphatic heterocycles. The minimum Gasteiger partial charge on any atom is -0.356 e. The van der Waals surface area contributed by atoms with E-state index in [1.807, 2.05) is 0 Å². The van der Waals surface area contributed by atoms with Gasteiger partial charge in [0.25, 0.3) is 0 Å². The van der Waals surface area contributed by atoms with Gasteiger partial charge in [0.05, 0.1) is 16.5 Å². The number of benzene rings is 1. The summed E-state index contributed by atoms with van der Waals surface area (Å²) < 4.78 is 0. The summed E-state index contributed by atoms with van der Waals surface area (Å²) in [5, 5.41) is 3.80. The number of unbranched alkanes of at least 4 members (excludes halogenated alkanes) is 2. The maximum Gasteiger partial charge on any atom is 0.224 e. The molecule has 0 saturated heterocycles. The first-order chi connectivity index (χ1) is 8.63. The first-order valence-electron chi connectivity index (χ1n) is 5.77. The van der Waals surface area contributed by atoms with Crippen LogP contribution in [0.25, 0.3) is 0 Å². The normalized spacial score (nSPS) is 9.83. The van der Waals surface area contributed by atoms with Crippen LogP contribution in [0, 0.1) is 12.3 Å². The van der Waals surface area contributed by atoms with Crippen molar-refractivity contribution in [3.63, 3.8) is 0 Å². The lowest BCUT2D eigenvalue weighted by atomic mass is 10.1. The van der Waals surface area contributed by atoms with Crippen molar-refractivity contribution in [1.82, 2.24) is 5.32 Å². The Hall–Kier alpha value is -1.17. The van der Waals surface area contributed by atoms with E-state index in [0.717, 1.165) is 24.8 Å². The zero-order valence-electron chi connectivity index (χ0n) is 10.0. The largest absolute Gasteiger partial charge is 0.356 e. The number of carbonyl (C=O) groups excluding carboxylic acids is 1. The van der Waals surface area contributed by atoms with Crippen LogP contribution in [-0.2, 0) is 11.2 Å². The highest BCUT2D eigenvalue weighted by molar-refractivity contribution is 6.42. The van der Waals surface area contributed by atoms with Crippen molar-refractivity contribution in [2.75, 3.05) is 6.54 Å². The Morgan fingerprint density at radius 2 is 2.06 bits per heavy atom. The molecule has 0 saturated carbocycles. The van der Waals surface area contributed by atoms with Gasteiger partial charge in [-0.25, -0.2) is 0 Å². The van der Waals surface area contributed by atoms with Crippen molar-refractivity contribution in [3.05, 3.63) is 33.8 Å². The Bertz CT molecular complexity index is 452. The Balaban J connectivity index is 2.31. The average molecular weight is 284 g/mol. The number of rotatable bonds is 6. The van der Waals surface area contributed by atoms with E-state index in [-0.39, 0.29) is 5.91 Å². The van der Waals surface area contributed by atoms with Crippen LogP contribution in [0.15, 0.2) is 18.2 Å². The van der Waals surface area contributed by atoms with Crippen molar-refractivity contribution < 1.29 is 4.79 Å². The molecular formula is C14H15Cl2NO. The molecule has 0 bridgehead atoms. The van der Waals surface area contributed by atoms with Crippen LogP contribution in [0.4, 0.5) is 0 Å². The van der Waals surface area contributed by atoms with E-state index in [1.165, 1.54) is 0 Å². The number of hydrogen-bond acceptors (Lipinski definition) is 1. The Morgan fingerprint density at radius 1 is 1.28 bits per heavy atom. The topological polar surface area (TPSA) is 29.1 Å². The van der Waals surface area contributed by atoms with Gasteiger partial charge in [-0.15, -0.1) is 12.3 Å². The number of nitrogens with one attached hydrogen (secondary N) is 1. The predicted molar refractivity (Wildman–Crippen MR) is 75.9 cm³/mol. The van der Waals surface area contributed by atoms with Gasteiger partial charge in [0.15, 0.2) is 0 Å². The van der Waals surface area contributed by atoms with Crippen LogP contribution in [0.5, 0.6) is 0 Å². The Morgan fingerprint density at radius 3 is 2.72 bits per heavy atom. The van der Waals surface area contributed by atoms with Gasteiger partial charge in [0.1, 0.15) is 0 Å². The fraction of sp³-hybridized carbons (Fsp3) is 0.357. The molecule has 0 radical (unpaired) electrons. The van der Waals surface area contributed by atoms with Crippen LogP contribution in [0.1, 0.15) is 24.8 Å². The van der Waals surface area contributed by atoms with Crippen molar-refractivity contribution in [2.45, 2.75) is 25.7 Å². The summed E-state index contributed by atoms with van der Waals surface area (Å²) in [6.07, 6.45) is 8.04. The number of hydrogen-bond donors (Lipinski definition) is 1. The second-order valence-electron chi connectivity index (χ2n) is 3.94. The molecule has 0 fully saturated rings. The maximum absolute atomic E-state index is 11.6. The second kappa shape index (κ2) is 8.02. The van der Waals surface area contributed by atoms with E-state index in [4.69, 9.17) is 29.6 Å². The monoisotopic (exact) mass is 283 g/mol. The summed E-state index contributed by atoms with van der Waals surface area (Å²) in [5.41, 5.74) is 0.852. The summed E-state index contributed by atoms with van der Waals surface area (Å²) in [6, 6.07) is 5.20. The Labute approximate surface area is 118 Å². The highest BCUT2D eigenvalue weighted by atomic mass is 35.5. The SMILES string of the molecule is C#CCCCCNC(=O)Cc1ccc(Cl)c(Cl)c1. The zero-order valence-corrected chi connectivity index (χ0v) is 11.5. The predicted octanol–water partition coefficient (Wildman–Crippen LogP) is 3.46. The molecular weight excluding hydrogens is 269 g/mol. The zero-order chi connectivity index (χ0) is 13.4. The van der Waals surface area contributed by atoms with Crippen molar-refractivity contribution in [1.29, 1.82) is 0 Å². The fourth-order valence-electron chi connectivity index (χ4n) is 1.48. The van der Waals surface area contributed by atoms with Crippen molar-refractivity contribution >= 4 is 29.1 Å². The van der Waals surface area contributed by atoms with Crippen LogP contribution < -0.4 is 5.32 Å². The van der Waals surface area contributed by atoms with Gasteiger partial charge in [-0.2, -0.15) is 0 Å². The van der Waals surface area contributed by atoms with Crippen molar-refractivity contribution in [3.8, 4) is 12.3 Å². The van der Waals surface area contributed by atoms with E-state index in [9.17, 15) is 4.79 Å². The molecule has 1 amide bonds. The summed E-state index contributed by atoms with van der Waals surface area (Å²) in [4.78, 5) is 11.6. The highest BCUT2D eigenvalue weighted by Gasteiger charge is 2.05. The molecule has 1 aromatic rings. The maximum atomic E-state index is 11.6. The van der Waals surface area contributed by atoms with Gasteiger partial charge < -0.3 is 5.32 Å². The van der Waals surface area contributed by atoms with E-state index < -0.39 is 0 Å².